The number of benzene rings is 1. The number of aromatic amines is 1. The fraction of sp³-hybridized carbons (Fsp3) is 0.526. The van der Waals surface area contributed by atoms with Crippen molar-refractivity contribution in [2.45, 2.75) is 45.3 Å². The molecule has 140 valence electrons. The van der Waals surface area contributed by atoms with E-state index in [2.05, 4.69) is 15.2 Å². The van der Waals surface area contributed by atoms with Crippen LogP contribution in [-0.2, 0) is 22.6 Å². The third kappa shape index (κ3) is 4.04. The molecular formula is C19H26N4O3. The summed E-state index contributed by atoms with van der Waals surface area (Å²) >= 11 is 0. The second kappa shape index (κ2) is 8.31. The zero-order valence-corrected chi connectivity index (χ0v) is 15.6. The number of ether oxygens (including phenoxy) is 2. The van der Waals surface area contributed by atoms with E-state index in [-0.39, 0.29) is 11.9 Å². The number of methoxy groups -OCH3 is 2. The quantitative estimate of drug-likeness (QED) is 0.858. The molecule has 1 unspecified atom stereocenters. The first-order chi connectivity index (χ1) is 12.6. The van der Waals surface area contributed by atoms with Crippen molar-refractivity contribution in [1.82, 2.24) is 20.1 Å². The highest BCUT2D eigenvalue weighted by molar-refractivity contribution is 5.79. The van der Waals surface area contributed by atoms with Gasteiger partial charge in [0.15, 0.2) is 11.6 Å². The highest BCUT2D eigenvalue weighted by Gasteiger charge is 2.30. The summed E-state index contributed by atoms with van der Waals surface area (Å²) in [6.45, 7) is 3.11. The summed E-state index contributed by atoms with van der Waals surface area (Å²) in [7, 11) is 3.27. The van der Waals surface area contributed by atoms with Crippen molar-refractivity contribution in [3.8, 4) is 5.75 Å². The lowest BCUT2D eigenvalue weighted by molar-refractivity contribution is -0.134. The number of nitrogens with one attached hydrogen (secondary N) is 1. The number of hydrogen-bond donors (Lipinski definition) is 1. The van der Waals surface area contributed by atoms with E-state index in [1.54, 1.807) is 14.2 Å². The van der Waals surface area contributed by atoms with Gasteiger partial charge in [0.25, 0.3) is 0 Å². The smallest absolute Gasteiger partial charge is 0.227 e. The topological polar surface area (TPSA) is 80.3 Å². The second-order valence-corrected chi connectivity index (χ2v) is 6.65. The summed E-state index contributed by atoms with van der Waals surface area (Å²) in [4.78, 5) is 19.4. The highest BCUT2D eigenvalue weighted by Crippen LogP contribution is 2.30. The summed E-state index contributed by atoms with van der Waals surface area (Å²) in [6, 6.07) is 5.83. The Balaban J connectivity index is 1.75. The average Bonchev–Trinajstić information content (AvgIpc) is 3.12. The number of rotatable bonds is 6. The van der Waals surface area contributed by atoms with Crippen LogP contribution in [0.5, 0.6) is 5.75 Å². The maximum Gasteiger partial charge on any atom is 0.227 e. The van der Waals surface area contributed by atoms with Gasteiger partial charge in [-0.15, -0.1) is 0 Å². The Bertz CT molecular complexity index is 759. The molecule has 0 bridgehead atoms. The lowest BCUT2D eigenvalue weighted by atomic mass is 10.00. The van der Waals surface area contributed by atoms with Gasteiger partial charge in [0.2, 0.25) is 5.91 Å². The summed E-state index contributed by atoms with van der Waals surface area (Å²) < 4.78 is 10.5. The minimum absolute atomic E-state index is 0.0783. The maximum absolute atomic E-state index is 13.0. The van der Waals surface area contributed by atoms with Crippen molar-refractivity contribution in [1.29, 1.82) is 0 Å². The van der Waals surface area contributed by atoms with Gasteiger partial charge in [-0.2, -0.15) is 5.10 Å². The van der Waals surface area contributed by atoms with Crippen molar-refractivity contribution >= 4 is 5.91 Å². The Morgan fingerprint density at radius 2 is 2.19 bits per heavy atom. The number of piperidine rings is 1. The van der Waals surface area contributed by atoms with E-state index in [4.69, 9.17) is 9.47 Å². The molecule has 0 aliphatic carbocycles. The molecule has 1 aromatic carbocycles. The minimum Gasteiger partial charge on any atom is -0.496 e. The Kier molecular flexibility index (Phi) is 5.88. The molecule has 1 atom stereocenters. The number of hydrogen-bond acceptors (Lipinski definition) is 5. The molecule has 3 rings (SSSR count). The van der Waals surface area contributed by atoms with E-state index in [1.807, 2.05) is 30.0 Å². The number of amides is 1. The molecule has 0 saturated carbocycles. The summed E-state index contributed by atoms with van der Waals surface area (Å²) in [6.07, 6.45) is 3.31. The fourth-order valence-electron chi connectivity index (χ4n) is 3.41. The second-order valence-electron chi connectivity index (χ2n) is 6.65. The maximum atomic E-state index is 13.0. The Morgan fingerprint density at radius 3 is 2.96 bits per heavy atom. The van der Waals surface area contributed by atoms with E-state index in [9.17, 15) is 4.79 Å². The van der Waals surface area contributed by atoms with Gasteiger partial charge in [-0.25, -0.2) is 4.98 Å². The number of nitrogens with zero attached hydrogens (tertiary/aromatic N) is 3. The SMILES string of the molecule is COCc1nc(C2CCCCN2C(=O)Cc2ccc(C)c(OC)c2)n[nH]1. The largest absolute Gasteiger partial charge is 0.496 e. The zero-order chi connectivity index (χ0) is 18.5. The molecule has 0 radical (unpaired) electrons. The van der Waals surface area contributed by atoms with Gasteiger partial charge in [0.1, 0.15) is 12.4 Å². The van der Waals surface area contributed by atoms with Gasteiger partial charge in [0.05, 0.1) is 19.6 Å². The number of H-pyrrole nitrogens is 1. The monoisotopic (exact) mass is 358 g/mol. The first-order valence-electron chi connectivity index (χ1n) is 8.95. The molecule has 1 aliphatic heterocycles. The summed E-state index contributed by atoms with van der Waals surface area (Å²) in [5, 5.41) is 7.20. The van der Waals surface area contributed by atoms with Gasteiger partial charge in [-0.1, -0.05) is 12.1 Å². The first kappa shape index (κ1) is 18.4. The van der Waals surface area contributed by atoms with Crippen molar-refractivity contribution in [2.75, 3.05) is 20.8 Å². The molecule has 2 aromatic rings. The van der Waals surface area contributed by atoms with Gasteiger partial charge >= 0.3 is 0 Å². The Morgan fingerprint density at radius 1 is 1.35 bits per heavy atom. The number of carbonyl (C=O) groups is 1. The van der Waals surface area contributed by atoms with Crippen LogP contribution in [0.3, 0.4) is 0 Å². The van der Waals surface area contributed by atoms with Crippen molar-refractivity contribution in [2.24, 2.45) is 0 Å². The van der Waals surface area contributed by atoms with Crippen molar-refractivity contribution < 1.29 is 14.3 Å². The Labute approximate surface area is 153 Å². The molecular weight excluding hydrogens is 332 g/mol. The molecule has 1 saturated heterocycles. The third-order valence-electron chi connectivity index (χ3n) is 4.78. The molecule has 7 heteroatoms. The molecule has 7 nitrogen and oxygen atoms in total. The van der Waals surface area contributed by atoms with E-state index < -0.39 is 0 Å². The number of aryl methyl sites for hydroxylation is 1. The average molecular weight is 358 g/mol. The van der Waals surface area contributed by atoms with E-state index in [0.717, 1.165) is 42.7 Å². The minimum atomic E-state index is -0.0783. The van der Waals surface area contributed by atoms with E-state index in [0.29, 0.717) is 24.7 Å². The van der Waals surface area contributed by atoms with Gasteiger partial charge in [-0.05, 0) is 43.4 Å². The van der Waals surface area contributed by atoms with Crippen LogP contribution in [0.25, 0.3) is 0 Å². The Hall–Kier alpha value is -2.41. The van der Waals surface area contributed by atoms with Crippen LogP contribution < -0.4 is 4.74 Å². The van der Waals surface area contributed by atoms with Crippen LogP contribution in [0, 0.1) is 6.92 Å². The van der Waals surface area contributed by atoms with Crippen LogP contribution in [-0.4, -0.2) is 46.8 Å². The molecule has 26 heavy (non-hydrogen) atoms. The van der Waals surface area contributed by atoms with Gasteiger partial charge < -0.3 is 14.4 Å². The normalized spacial score (nSPS) is 17.3. The summed E-state index contributed by atoms with van der Waals surface area (Å²) in [5.74, 6) is 2.26. The number of likely N-dealkylation sites (tertiary alicyclic amines) is 1. The van der Waals surface area contributed by atoms with Crippen LogP contribution in [0.15, 0.2) is 18.2 Å². The molecule has 0 spiro atoms. The van der Waals surface area contributed by atoms with E-state index in [1.165, 1.54) is 0 Å². The zero-order valence-electron chi connectivity index (χ0n) is 15.6. The van der Waals surface area contributed by atoms with Gasteiger partial charge in [-0.3, -0.25) is 9.89 Å². The summed E-state index contributed by atoms with van der Waals surface area (Å²) in [5.41, 5.74) is 2.02. The predicted molar refractivity (Wildman–Crippen MR) is 96.8 cm³/mol. The lowest BCUT2D eigenvalue weighted by Crippen LogP contribution is -2.39. The molecule has 1 N–H and O–H groups in total. The fourth-order valence-corrected chi connectivity index (χ4v) is 3.41. The van der Waals surface area contributed by atoms with Crippen LogP contribution in [0.1, 0.15) is 48.1 Å². The number of aromatic nitrogens is 3. The molecule has 1 aliphatic rings. The standard InChI is InChI=1S/C19H26N4O3/c1-13-7-8-14(10-16(13)26-3)11-18(24)23-9-5-4-6-15(23)19-20-17(12-25-2)21-22-19/h7-8,10,15H,4-6,9,11-12H2,1-3H3,(H,20,21,22). The first-order valence-corrected chi connectivity index (χ1v) is 8.95. The molecule has 1 aromatic heterocycles. The lowest BCUT2D eigenvalue weighted by Gasteiger charge is -2.34. The van der Waals surface area contributed by atoms with Gasteiger partial charge in [0, 0.05) is 13.7 Å². The van der Waals surface area contributed by atoms with Crippen LogP contribution in [0.2, 0.25) is 0 Å². The molecule has 1 amide bonds. The van der Waals surface area contributed by atoms with E-state index >= 15 is 0 Å². The van der Waals surface area contributed by atoms with Crippen molar-refractivity contribution in [3.05, 3.63) is 41.0 Å². The highest BCUT2D eigenvalue weighted by atomic mass is 16.5. The molecule has 2 heterocycles. The predicted octanol–water partition coefficient (Wildman–Crippen LogP) is 2.56. The third-order valence-corrected chi connectivity index (χ3v) is 4.78. The number of carbonyl (C=O) groups excluding carboxylic acids is 1. The van der Waals surface area contributed by atoms with Crippen molar-refractivity contribution in [3.63, 3.8) is 0 Å². The van der Waals surface area contributed by atoms with Crippen LogP contribution in [0.4, 0.5) is 0 Å². The van der Waals surface area contributed by atoms with Crippen LogP contribution >= 0.6 is 0 Å². The molecule has 1 fully saturated rings.